The van der Waals surface area contributed by atoms with Gasteiger partial charge in [0.1, 0.15) is 6.07 Å². The minimum atomic E-state index is -0.378. The van der Waals surface area contributed by atoms with Crippen LogP contribution in [0.5, 0.6) is 0 Å². The van der Waals surface area contributed by atoms with Gasteiger partial charge in [-0.05, 0) is 36.8 Å². The topological polar surface area (TPSA) is 91.2 Å². The highest BCUT2D eigenvalue weighted by Crippen LogP contribution is 2.15. The van der Waals surface area contributed by atoms with E-state index in [0.717, 1.165) is 0 Å². The number of carbonyl (C=O) groups is 2. The summed E-state index contributed by atoms with van der Waals surface area (Å²) in [6.07, 6.45) is 0.716. The van der Waals surface area contributed by atoms with Gasteiger partial charge in [0, 0.05) is 31.4 Å². The van der Waals surface area contributed by atoms with Gasteiger partial charge < -0.3 is 15.4 Å². The van der Waals surface area contributed by atoms with Gasteiger partial charge in [0.25, 0.3) is 11.8 Å². The maximum atomic E-state index is 12.4. The van der Waals surface area contributed by atoms with Crippen LogP contribution < -0.4 is 10.6 Å². The fourth-order valence-electron chi connectivity index (χ4n) is 2.21. The van der Waals surface area contributed by atoms with E-state index in [-0.39, 0.29) is 11.8 Å². The molecule has 6 heteroatoms. The average Bonchev–Trinajstić information content (AvgIpc) is 2.65. The Morgan fingerprint density at radius 2 is 1.80 bits per heavy atom. The monoisotopic (exact) mass is 337 g/mol. The summed E-state index contributed by atoms with van der Waals surface area (Å²) in [6, 6.07) is 15.2. The molecule has 6 nitrogen and oxygen atoms in total. The van der Waals surface area contributed by atoms with Crippen molar-refractivity contribution in [1.29, 1.82) is 5.26 Å². The van der Waals surface area contributed by atoms with Crippen LogP contribution in [0, 0.1) is 11.3 Å². The normalized spacial score (nSPS) is 9.92. The van der Waals surface area contributed by atoms with Gasteiger partial charge in [-0.3, -0.25) is 9.59 Å². The molecule has 0 bridgehead atoms. The summed E-state index contributed by atoms with van der Waals surface area (Å²) >= 11 is 0. The van der Waals surface area contributed by atoms with Crippen LogP contribution in [-0.4, -0.2) is 32.1 Å². The average molecular weight is 337 g/mol. The van der Waals surface area contributed by atoms with Gasteiger partial charge in [-0.25, -0.2) is 0 Å². The molecule has 0 aromatic heterocycles. The number of carbonyl (C=O) groups excluding carboxylic acids is 2. The zero-order chi connectivity index (χ0) is 18.1. The van der Waals surface area contributed by atoms with Crippen molar-refractivity contribution in [1.82, 2.24) is 5.32 Å². The first kappa shape index (κ1) is 18.2. The lowest BCUT2D eigenvalue weighted by atomic mass is 10.1. The highest BCUT2D eigenvalue weighted by Gasteiger charge is 2.12. The van der Waals surface area contributed by atoms with E-state index >= 15 is 0 Å². The second-order valence-electron chi connectivity index (χ2n) is 5.29. The highest BCUT2D eigenvalue weighted by molar-refractivity contribution is 6.06. The van der Waals surface area contributed by atoms with E-state index in [0.29, 0.717) is 42.0 Å². The number of nitrogens with zero attached hydrogens (tertiary/aromatic N) is 1. The summed E-state index contributed by atoms with van der Waals surface area (Å²) < 4.78 is 4.93. The molecular weight excluding hydrogens is 318 g/mol. The van der Waals surface area contributed by atoms with Gasteiger partial charge in [0.05, 0.1) is 11.3 Å². The number of hydrogen-bond donors (Lipinski definition) is 2. The molecule has 0 radical (unpaired) electrons. The fourth-order valence-corrected chi connectivity index (χ4v) is 2.21. The Bertz CT molecular complexity index is 796. The number of rotatable bonds is 7. The van der Waals surface area contributed by atoms with E-state index in [4.69, 9.17) is 10.00 Å². The predicted octanol–water partition coefficient (Wildman–Crippen LogP) is 2.58. The zero-order valence-electron chi connectivity index (χ0n) is 13.9. The van der Waals surface area contributed by atoms with Crippen LogP contribution in [0.25, 0.3) is 0 Å². The maximum Gasteiger partial charge on any atom is 0.255 e. The van der Waals surface area contributed by atoms with Gasteiger partial charge >= 0.3 is 0 Å². The number of hydrogen-bond acceptors (Lipinski definition) is 4. The first-order valence-electron chi connectivity index (χ1n) is 7.83. The molecular formula is C19H19N3O3. The van der Waals surface area contributed by atoms with Crippen LogP contribution >= 0.6 is 0 Å². The van der Waals surface area contributed by atoms with Gasteiger partial charge in [-0.15, -0.1) is 0 Å². The Kier molecular flexibility index (Phi) is 6.69. The Morgan fingerprint density at radius 1 is 1.08 bits per heavy atom. The highest BCUT2D eigenvalue weighted by atomic mass is 16.5. The summed E-state index contributed by atoms with van der Waals surface area (Å²) in [7, 11) is 1.61. The number of anilines is 1. The molecule has 0 saturated carbocycles. The Hall–Kier alpha value is -3.17. The lowest BCUT2D eigenvalue weighted by Crippen LogP contribution is -2.25. The van der Waals surface area contributed by atoms with Crippen molar-refractivity contribution < 1.29 is 14.3 Å². The van der Waals surface area contributed by atoms with Gasteiger partial charge in [0.15, 0.2) is 0 Å². The fraction of sp³-hybridized carbons (Fsp3) is 0.211. The molecule has 128 valence electrons. The minimum Gasteiger partial charge on any atom is -0.385 e. The molecule has 2 aromatic rings. The van der Waals surface area contributed by atoms with Gasteiger partial charge in [-0.1, -0.05) is 18.2 Å². The lowest BCUT2D eigenvalue weighted by Gasteiger charge is -2.09. The van der Waals surface area contributed by atoms with Crippen molar-refractivity contribution in [3.8, 4) is 6.07 Å². The number of methoxy groups -OCH3 is 1. The second kappa shape index (κ2) is 9.21. The largest absolute Gasteiger partial charge is 0.385 e. The Morgan fingerprint density at radius 3 is 2.52 bits per heavy atom. The number of nitrogens with one attached hydrogen (secondary N) is 2. The van der Waals surface area contributed by atoms with Gasteiger partial charge in [-0.2, -0.15) is 5.26 Å². The molecule has 0 saturated heterocycles. The lowest BCUT2D eigenvalue weighted by molar-refractivity contribution is 0.0948. The molecule has 0 heterocycles. The predicted molar refractivity (Wildman–Crippen MR) is 94.4 cm³/mol. The Labute approximate surface area is 146 Å². The molecule has 2 amide bonds. The van der Waals surface area contributed by atoms with E-state index in [9.17, 15) is 9.59 Å². The van der Waals surface area contributed by atoms with E-state index in [1.165, 1.54) is 6.07 Å². The molecule has 0 aliphatic carbocycles. The molecule has 0 atom stereocenters. The van der Waals surface area contributed by atoms with E-state index in [2.05, 4.69) is 10.6 Å². The van der Waals surface area contributed by atoms with Crippen LogP contribution in [0.15, 0.2) is 48.5 Å². The second-order valence-corrected chi connectivity index (χ2v) is 5.29. The molecule has 2 rings (SSSR count). The van der Waals surface area contributed by atoms with E-state index < -0.39 is 0 Å². The van der Waals surface area contributed by atoms with Crippen LogP contribution in [0.2, 0.25) is 0 Å². The summed E-state index contributed by atoms with van der Waals surface area (Å²) in [5.74, 6) is -0.625. The first-order valence-corrected chi connectivity index (χ1v) is 7.83. The van der Waals surface area contributed by atoms with Crippen LogP contribution in [-0.2, 0) is 4.74 Å². The molecule has 0 aliphatic rings. The maximum absolute atomic E-state index is 12.4. The molecule has 0 spiro atoms. The number of para-hydroxylation sites is 1. The quantitative estimate of drug-likeness (QED) is 0.760. The number of benzene rings is 2. The third-order valence-electron chi connectivity index (χ3n) is 3.49. The number of amides is 2. The number of nitriles is 1. The summed E-state index contributed by atoms with van der Waals surface area (Å²) in [5.41, 5.74) is 1.56. The van der Waals surface area contributed by atoms with Crippen molar-refractivity contribution in [3.05, 3.63) is 65.2 Å². The molecule has 2 aromatic carbocycles. The van der Waals surface area contributed by atoms with Crippen molar-refractivity contribution in [2.75, 3.05) is 25.6 Å². The minimum absolute atomic E-state index is 0.247. The number of ether oxygens (including phenoxy) is 1. The van der Waals surface area contributed by atoms with Gasteiger partial charge in [0.2, 0.25) is 0 Å². The van der Waals surface area contributed by atoms with Crippen LogP contribution in [0.1, 0.15) is 32.7 Å². The summed E-state index contributed by atoms with van der Waals surface area (Å²) in [6.45, 7) is 1.07. The third kappa shape index (κ3) is 5.16. The van der Waals surface area contributed by atoms with Crippen LogP contribution in [0.3, 0.4) is 0 Å². The summed E-state index contributed by atoms with van der Waals surface area (Å²) in [4.78, 5) is 24.5. The van der Waals surface area contributed by atoms with Crippen molar-refractivity contribution in [3.63, 3.8) is 0 Å². The smallest absolute Gasteiger partial charge is 0.255 e. The SMILES string of the molecule is COCCCNC(=O)c1cccc(C(=O)Nc2ccccc2C#N)c1. The van der Waals surface area contributed by atoms with E-state index in [1.807, 2.05) is 6.07 Å². The van der Waals surface area contributed by atoms with Crippen molar-refractivity contribution in [2.45, 2.75) is 6.42 Å². The first-order chi connectivity index (χ1) is 12.2. The van der Waals surface area contributed by atoms with Crippen molar-refractivity contribution in [2.24, 2.45) is 0 Å². The molecule has 0 unspecified atom stereocenters. The Balaban J connectivity index is 2.06. The standard InChI is InChI=1S/C19H19N3O3/c1-25-11-5-10-21-18(23)14-7-4-8-15(12-14)19(24)22-17-9-3-2-6-16(17)13-20/h2-4,6-9,12H,5,10-11H2,1H3,(H,21,23)(H,22,24). The summed E-state index contributed by atoms with van der Waals surface area (Å²) in [5, 5.41) is 14.5. The third-order valence-corrected chi connectivity index (χ3v) is 3.49. The molecule has 0 aliphatic heterocycles. The molecule has 25 heavy (non-hydrogen) atoms. The zero-order valence-corrected chi connectivity index (χ0v) is 13.9. The molecule has 2 N–H and O–H groups in total. The van der Waals surface area contributed by atoms with Crippen LogP contribution in [0.4, 0.5) is 5.69 Å². The molecule has 0 fully saturated rings. The van der Waals surface area contributed by atoms with E-state index in [1.54, 1.807) is 49.6 Å². The van der Waals surface area contributed by atoms with Crippen molar-refractivity contribution >= 4 is 17.5 Å².